The van der Waals surface area contributed by atoms with E-state index in [9.17, 15) is 0 Å². The molecule has 1 nitrogen and oxygen atoms in total. The van der Waals surface area contributed by atoms with E-state index in [1.165, 1.54) is 31.2 Å². The molecule has 114 valence electrons. The van der Waals surface area contributed by atoms with Crippen LogP contribution in [-0.4, -0.2) is 13.6 Å². The van der Waals surface area contributed by atoms with Gasteiger partial charge >= 0.3 is 0 Å². The third-order valence-corrected chi connectivity index (χ3v) is 5.84. The summed E-state index contributed by atoms with van der Waals surface area (Å²) in [6.45, 7) is 3.33. The van der Waals surface area contributed by atoms with Crippen molar-refractivity contribution >= 4 is 0 Å². The molecule has 0 radical (unpaired) electrons. The van der Waals surface area contributed by atoms with E-state index in [2.05, 4.69) is 61.8 Å². The lowest BCUT2D eigenvalue weighted by molar-refractivity contribution is 0.341. The number of benzene rings is 2. The molecular weight excluding hydrogens is 266 g/mol. The second kappa shape index (κ2) is 5.24. The van der Waals surface area contributed by atoms with Gasteiger partial charge in [-0.05, 0) is 68.5 Å². The van der Waals surface area contributed by atoms with Crippen LogP contribution in [0.15, 0.2) is 42.5 Å². The van der Waals surface area contributed by atoms with Crippen molar-refractivity contribution in [2.24, 2.45) is 0 Å². The summed E-state index contributed by atoms with van der Waals surface area (Å²) in [6.07, 6.45) is 5.12. The fraction of sp³-hybridized carbons (Fsp3) is 0.429. The van der Waals surface area contributed by atoms with Crippen LogP contribution < -0.4 is 5.32 Å². The van der Waals surface area contributed by atoms with Crippen molar-refractivity contribution in [1.82, 2.24) is 5.32 Å². The molecule has 0 aromatic heterocycles. The maximum atomic E-state index is 3.32. The summed E-state index contributed by atoms with van der Waals surface area (Å²) in [5, 5.41) is 3.32. The molecule has 2 aromatic rings. The highest BCUT2D eigenvalue weighted by molar-refractivity contribution is 5.59. The fourth-order valence-corrected chi connectivity index (χ4v) is 4.89. The molecule has 1 N–H and O–H groups in total. The molecular formula is C21H25N. The Morgan fingerprint density at radius 1 is 1.09 bits per heavy atom. The monoisotopic (exact) mass is 291 g/mol. The van der Waals surface area contributed by atoms with Gasteiger partial charge in [-0.1, -0.05) is 48.0 Å². The van der Waals surface area contributed by atoms with E-state index in [1.807, 2.05) is 0 Å². The molecule has 0 saturated carbocycles. The highest BCUT2D eigenvalue weighted by Gasteiger charge is 2.47. The van der Waals surface area contributed by atoms with E-state index in [-0.39, 0.29) is 5.41 Å². The minimum atomic E-state index is 0.255. The fourth-order valence-electron chi connectivity index (χ4n) is 4.89. The maximum Gasteiger partial charge on any atom is 0.0209 e. The average Bonchev–Trinajstić information content (AvgIpc) is 2.55. The Kier molecular flexibility index (Phi) is 3.34. The average molecular weight is 291 g/mol. The topological polar surface area (TPSA) is 12.0 Å². The van der Waals surface area contributed by atoms with Crippen molar-refractivity contribution < 1.29 is 0 Å². The van der Waals surface area contributed by atoms with E-state index < -0.39 is 0 Å². The highest BCUT2D eigenvalue weighted by atomic mass is 14.8. The van der Waals surface area contributed by atoms with Gasteiger partial charge in [-0.3, -0.25) is 0 Å². The summed E-state index contributed by atoms with van der Waals surface area (Å²) in [5.74, 6) is 0.622. The Balaban J connectivity index is 1.89. The lowest BCUT2D eigenvalue weighted by Crippen LogP contribution is -2.40. The van der Waals surface area contributed by atoms with Gasteiger partial charge in [0.25, 0.3) is 0 Å². The normalized spacial score (nSPS) is 24.9. The van der Waals surface area contributed by atoms with Gasteiger partial charge in [-0.25, -0.2) is 0 Å². The molecule has 0 amide bonds. The van der Waals surface area contributed by atoms with Crippen LogP contribution in [-0.2, 0) is 5.41 Å². The zero-order valence-electron chi connectivity index (χ0n) is 13.7. The third-order valence-electron chi connectivity index (χ3n) is 5.84. The molecule has 22 heavy (non-hydrogen) atoms. The third kappa shape index (κ3) is 1.88. The van der Waals surface area contributed by atoms with Crippen LogP contribution in [0.4, 0.5) is 0 Å². The molecule has 5 rings (SSSR count). The van der Waals surface area contributed by atoms with Crippen molar-refractivity contribution in [3.05, 3.63) is 70.3 Å². The van der Waals surface area contributed by atoms with E-state index >= 15 is 0 Å². The SMILES string of the molecule is CNCCCC12CCC(c3ccccc31)c1cc(C)ccc12. The standard InChI is InChI=1S/C21H25N/c1-15-8-9-20-18(14-15)16-10-12-21(20,11-5-13-22-2)19-7-4-3-6-17(16)19/h3-4,6-9,14,16,22H,5,10-13H2,1-2H3. The van der Waals surface area contributed by atoms with Gasteiger partial charge in [-0.15, -0.1) is 0 Å². The van der Waals surface area contributed by atoms with Gasteiger partial charge in [0.1, 0.15) is 0 Å². The first-order valence-corrected chi connectivity index (χ1v) is 8.61. The van der Waals surface area contributed by atoms with Crippen LogP contribution in [0, 0.1) is 6.92 Å². The number of nitrogens with one attached hydrogen (secondary N) is 1. The van der Waals surface area contributed by atoms with Gasteiger partial charge in [0, 0.05) is 11.3 Å². The van der Waals surface area contributed by atoms with E-state index in [1.54, 1.807) is 22.3 Å². The van der Waals surface area contributed by atoms with Gasteiger partial charge in [-0.2, -0.15) is 0 Å². The summed E-state index contributed by atoms with van der Waals surface area (Å²) in [6, 6.07) is 16.4. The predicted molar refractivity (Wildman–Crippen MR) is 92.6 cm³/mol. The molecule has 0 spiro atoms. The summed E-state index contributed by atoms with van der Waals surface area (Å²) in [7, 11) is 2.06. The smallest absolute Gasteiger partial charge is 0.0209 e. The Hall–Kier alpha value is -1.60. The Bertz CT molecular complexity index is 703. The van der Waals surface area contributed by atoms with Gasteiger partial charge in [0.2, 0.25) is 0 Å². The first kappa shape index (κ1) is 14.0. The molecule has 3 aliphatic carbocycles. The molecule has 0 saturated heterocycles. The first-order chi connectivity index (χ1) is 10.8. The minimum Gasteiger partial charge on any atom is -0.320 e. The minimum absolute atomic E-state index is 0.255. The van der Waals surface area contributed by atoms with Crippen molar-refractivity contribution in [3.63, 3.8) is 0 Å². The van der Waals surface area contributed by atoms with Crippen molar-refractivity contribution in [1.29, 1.82) is 0 Å². The van der Waals surface area contributed by atoms with Gasteiger partial charge in [0.15, 0.2) is 0 Å². The molecule has 2 bridgehead atoms. The number of hydrogen-bond donors (Lipinski definition) is 1. The van der Waals surface area contributed by atoms with Crippen molar-refractivity contribution in [2.45, 2.75) is 43.9 Å². The molecule has 2 unspecified atom stereocenters. The number of fused-ring (bicyclic) bond motifs is 1. The van der Waals surface area contributed by atoms with Crippen molar-refractivity contribution in [3.8, 4) is 0 Å². The molecule has 2 aromatic carbocycles. The molecule has 1 heteroatoms. The maximum absolute atomic E-state index is 3.32. The Labute approximate surface area is 133 Å². The second-order valence-electron chi connectivity index (χ2n) is 7.06. The quantitative estimate of drug-likeness (QED) is 0.817. The van der Waals surface area contributed by atoms with E-state index in [0.717, 1.165) is 6.54 Å². The van der Waals surface area contributed by atoms with Crippen molar-refractivity contribution in [2.75, 3.05) is 13.6 Å². The second-order valence-corrected chi connectivity index (χ2v) is 7.06. The largest absolute Gasteiger partial charge is 0.320 e. The summed E-state index contributed by atoms with van der Waals surface area (Å²) >= 11 is 0. The lowest BCUT2D eigenvalue weighted by atomic mass is 9.54. The summed E-state index contributed by atoms with van der Waals surface area (Å²) in [5.41, 5.74) is 8.08. The Morgan fingerprint density at radius 2 is 1.91 bits per heavy atom. The zero-order valence-corrected chi connectivity index (χ0v) is 13.7. The van der Waals surface area contributed by atoms with Crippen LogP contribution >= 0.6 is 0 Å². The first-order valence-electron chi connectivity index (χ1n) is 8.61. The van der Waals surface area contributed by atoms with Gasteiger partial charge < -0.3 is 5.32 Å². The molecule has 0 heterocycles. The lowest BCUT2D eigenvalue weighted by Gasteiger charge is -2.50. The molecule has 0 aliphatic heterocycles. The van der Waals surface area contributed by atoms with E-state index in [4.69, 9.17) is 0 Å². The number of hydrogen-bond acceptors (Lipinski definition) is 1. The van der Waals surface area contributed by atoms with Crippen LogP contribution in [0.1, 0.15) is 59.4 Å². The predicted octanol–water partition coefficient (Wildman–Crippen LogP) is 4.52. The zero-order chi connectivity index (χ0) is 15.2. The van der Waals surface area contributed by atoms with Crippen LogP contribution in [0.3, 0.4) is 0 Å². The number of rotatable bonds is 4. The van der Waals surface area contributed by atoms with Gasteiger partial charge in [0.05, 0.1) is 0 Å². The van der Waals surface area contributed by atoms with Crippen LogP contribution in [0.25, 0.3) is 0 Å². The number of aryl methyl sites for hydroxylation is 1. The highest BCUT2D eigenvalue weighted by Crippen LogP contribution is 2.58. The van der Waals surface area contributed by atoms with Crippen LogP contribution in [0.2, 0.25) is 0 Å². The molecule has 2 atom stereocenters. The summed E-state index contributed by atoms with van der Waals surface area (Å²) < 4.78 is 0. The molecule has 3 aliphatic rings. The summed E-state index contributed by atoms with van der Waals surface area (Å²) in [4.78, 5) is 0. The van der Waals surface area contributed by atoms with Crippen LogP contribution in [0.5, 0.6) is 0 Å². The Morgan fingerprint density at radius 3 is 2.77 bits per heavy atom. The van der Waals surface area contributed by atoms with E-state index in [0.29, 0.717) is 5.92 Å². The molecule has 0 fully saturated rings.